The van der Waals surface area contributed by atoms with Crippen molar-refractivity contribution in [3.63, 3.8) is 0 Å². The molecule has 0 aliphatic carbocycles. The smallest absolute Gasteiger partial charge is 0.257 e. The molecule has 27 heavy (non-hydrogen) atoms. The van der Waals surface area contributed by atoms with E-state index in [0.717, 1.165) is 5.56 Å². The summed E-state index contributed by atoms with van der Waals surface area (Å²) in [5.74, 6) is 1.66. The van der Waals surface area contributed by atoms with Crippen LogP contribution in [0.15, 0.2) is 24.3 Å². The van der Waals surface area contributed by atoms with Crippen LogP contribution < -0.4 is 19.5 Å². The summed E-state index contributed by atoms with van der Waals surface area (Å²) >= 11 is 5.93. The summed E-state index contributed by atoms with van der Waals surface area (Å²) in [5, 5.41) is 11.1. The summed E-state index contributed by atoms with van der Waals surface area (Å²) in [6.07, 6.45) is 1.54. The van der Waals surface area contributed by atoms with Crippen molar-refractivity contribution >= 4 is 27.1 Å². The molecule has 1 aromatic heterocycles. The van der Waals surface area contributed by atoms with Crippen molar-refractivity contribution < 1.29 is 22.6 Å². The normalized spacial score (nSPS) is 11.1. The van der Waals surface area contributed by atoms with E-state index in [0.29, 0.717) is 30.2 Å². The fourth-order valence-electron chi connectivity index (χ4n) is 2.27. The molecule has 0 saturated carbocycles. The lowest BCUT2D eigenvalue weighted by Crippen LogP contribution is -2.10. The van der Waals surface area contributed by atoms with Crippen LogP contribution in [0.4, 0.5) is 5.69 Å². The Balaban J connectivity index is 2.06. The van der Waals surface area contributed by atoms with E-state index in [1.54, 1.807) is 26.4 Å². The van der Waals surface area contributed by atoms with E-state index in [2.05, 4.69) is 15.5 Å². The minimum Gasteiger partial charge on any atom is -0.497 e. The van der Waals surface area contributed by atoms with Gasteiger partial charge >= 0.3 is 0 Å². The van der Waals surface area contributed by atoms with Crippen LogP contribution in [-0.4, -0.2) is 51.5 Å². The van der Waals surface area contributed by atoms with Crippen LogP contribution in [0.2, 0.25) is 5.15 Å². The minimum atomic E-state index is -3.03. The fraction of sp³-hybridized carbons (Fsp3) is 0.412. The molecule has 1 aromatic carbocycles. The Bertz CT molecular complexity index is 877. The number of rotatable bonds is 10. The van der Waals surface area contributed by atoms with E-state index in [1.165, 1.54) is 6.26 Å². The summed E-state index contributed by atoms with van der Waals surface area (Å²) < 4.78 is 38.5. The summed E-state index contributed by atoms with van der Waals surface area (Å²) in [4.78, 5) is 0. The maximum absolute atomic E-state index is 11.2. The van der Waals surface area contributed by atoms with Gasteiger partial charge in [0, 0.05) is 30.5 Å². The van der Waals surface area contributed by atoms with Gasteiger partial charge in [0.05, 0.1) is 26.6 Å². The average molecular weight is 416 g/mol. The third kappa shape index (κ3) is 6.76. The van der Waals surface area contributed by atoms with Crippen molar-refractivity contribution in [3.05, 3.63) is 35.0 Å². The molecule has 1 N–H and O–H groups in total. The molecule has 0 aliphatic rings. The topological polar surface area (TPSA) is 99.6 Å². The molecule has 2 rings (SSSR count). The number of anilines is 1. The van der Waals surface area contributed by atoms with Crippen molar-refractivity contribution in [2.75, 3.05) is 38.2 Å². The molecular weight excluding hydrogens is 394 g/mol. The number of hydrogen-bond acceptors (Lipinski definition) is 8. The van der Waals surface area contributed by atoms with Gasteiger partial charge in [-0.2, -0.15) is 0 Å². The molecular formula is C17H22ClN3O5S. The number of hydrogen-bond donors (Lipinski definition) is 1. The zero-order valence-corrected chi connectivity index (χ0v) is 16.9. The van der Waals surface area contributed by atoms with E-state index in [4.69, 9.17) is 25.8 Å². The molecule has 0 spiro atoms. The lowest BCUT2D eigenvalue weighted by molar-refractivity contribution is 0.303. The molecule has 2 aromatic rings. The van der Waals surface area contributed by atoms with Crippen molar-refractivity contribution in [2.45, 2.75) is 13.0 Å². The van der Waals surface area contributed by atoms with E-state index in [1.807, 2.05) is 12.1 Å². The number of sulfone groups is 1. The van der Waals surface area contributed by atoms with E-state index < -0.39 is 9.84 Å². The first-order valence-electron chi connectivity index (χ1n) is 8.11. The van der Waals surface area contributed by atoms with Gasteiger partial charge in [-0.15, -0.1) is 10.2 Å². The van der Waals surface area contributed by atoms with Gasteiger partial charge in [0.2, 0.25) is 0 Å². The van der Waals surface area contributed by atoms with Gasteiger partial charge in [0.15, 0.2) is 5.15 Å². The Morgan fingerprint density at radius 3 is 2.59 bits per heavy atom. The quantitative estimate of drug-likeness (QED) is 0.591. The molecule has 0 radical (unpaired) electrons. The number of ether oxygens (including phenoxy) is 3. The van der Waals surface area contributed by atoms with Gasteiger partial charge in [0.25, 0.3) is 5.88 Å². The first-order valence-corrected chi connectivity index (χ1v) is 10.5. The van der Waals surface area contributed by atoms with E-state index in [9.17, 15) is 8.42 Å². The van der Waals surface area contributed by atoms with Crippen LogP contribution in [-0.2, 0) is 16.4 Å². The molecule has 0 aliphatic heterocycles. The highest BCUT2D eigenvalue weighted by Crippen LogP contribution is 2.28. The molecule has 8 nitrogen and oxygen atoms in total. The number of methoxy groups -OCH3 is 2. The van der Waals surface area contributed by atoms with Crippen molar-refractivity contribution in [1.29, 1.82) is 0 Å². The predicted molar refractivity (Wildman–Crippen MR) is 104 cm³/mol. The zero-order chi connectivity index (χ0) is 19.9. The number of nitrogens with zero attached hydrogens (tertiary/aromatic N) is 2. The summed E-state index contributed by atoms with van der Waals surface area (Å²) in [5.41, 5.74) is 1.45. The van der Waals surface area contributed by atoms with Crippen molar-refractivity contribution in [2.24, 2.45) is 0 Å². The van der Waals surface area contributed by atoms with Crippen molar-refractivity contribution in [1.82, 2.24) is 10.2 Å². The molecule has 1 heterocycles. The number of aromatic nitrogens is 2. The summed E-state index contributed by atoms with van der Waals surface area (Å²) in [6, 6.07) is 7.10. The number of halogens is 1. The highest BCUT2D eigenvalue weighted by Gasteiger charge is 2.11. The standard InChI is InChI=1S/C17H22ClN3O5S/c1-24-13-6-5-12(15(9-13)25-2)11-19-14-10-16(18)20-21-17(14)26-7-4-8-27(3,22)23/h5-6,9-10H,4,7-8,11H2,1-3H3,(H,19,20). The Morgan fingerprint density at radius 2 is 1.93 bits per heavy atom. The van der Waals surface area contributed by atoms with Crippen LogP contribution in [0.5, 0.6) is 17.4 Å². The van der Waals surface area contributed by atoms with Crippen LogP contribution in [0.25, 0.3) is 0 Å². The van der Waals surface area contributed by atoms with Crippen LogP contribution in [0.3, 0.4) is 0 Å². The Hall–Kier alpha value is -2.26. The minimum absolute atomic E-state index is 0.0415. The van der Waals surface area contributed by atoms with Gasteiger partial charge in [-0.05, 0) is 18.6 Å². The zero-order valence-electron chi connectivity index (χ0n) is 15.4. The SMILES string of the molecule is COc1ccc(CNc2cc(Cl)nnc2OCCCS(C)(=O)=O)c(OC)c1. The summed E-state index contributed by atoms with van der Waals surface area (Å²) in [7, 11) is 0.139. The first-order chi connectivity index (χ1) is 12.8. The second-order valence-electron chi connectivity index (χ2n) is 5.75. The predicted octanol–water partition coefficient (Wildman–Crippen LogP) is 2.57. The van der Waals surface area contributed by atoms with Crippen molar-refractivity contribution in [3.8, 4) is 17.4 Å². The Kier molecular flexibility index (Phi) is 7.49. The second kappa shape index (κ2) is 9.61. The van der Waals surface area contributed by atoms with Gasteiger partial charge in [-0.25, -0.2) is 8.42 Å². The van der Waals surface area contributed by atoms with Crippen LogP contribution >= 0.6 is 11.6 Å². The largest absolute Gasteiger partial charge is 0.497 e. The average Bonchev–Trinajstić information content (AvgIpc) is 2.63. The van der Waals surface area contributed by atoms with Crippen LogP contribution in [0.1, 0.15) is 12.0 Å². The monoisotopic (exact) mass is 415 g/mol. The highest BCUT2D eigenvalue weighted by atomic mass is 35.5. The van der Waals surface area contributed by atoms with Crippen LogP contribution in [0, 0.1) is 0 Å². The number of nitrogens with one attached hydrogen (secondary N) is 1. The fourth-order valence-corrected chi connectivity index (χ4v) is 3.06. The second-order valence-corrected chi connectivity index (χ2v) is 8.40. The lowest BCUT2D eigenvalue weighted by atomic mass is 10.2. The molecule has 0 amide bonds. The lowest BCUT2D eigenvalue weighted by Gasteiger charge is -2.14. The van der Waals surface area contributed by atoms with Gasteiger partial charge in [0.1, 0.15) is 27.0 Å². The van der Waals surface area contributed by atoms with Gasteiger partial charge in [-0.3, -0.25) is 0 Å². The molecule has 0 atom stereocenters. The Labute approximate surface area is 163 Å². The molecule has 0 unspecified atom stereocenters. The Morgan fingerprint density at radius 1 is 1.15 bits per heavy atom. The van der Waals surface area contributed by atoms with E-state index >= 15 is 0 Å². The van der Waals surface area contributed by atoms with Gasteiger partial charge < -0.3 is 19.5 Å². The molecule has 0 saturated heterocycles. The number of benzene rings is 1. The summed E-state index contributed by atoms with van der Waals surface area (Å²) in [6.45, 7) is 0.624. The maximum Gasteiger partial charge on any atom is 0.257 e. The van der Waals surface area contributed by atoms with E-state index in [-0.39, 0.29) is 23.4 Å². The molecule has 0 bridgehead atoms. The highest BCUT2D eigenvalue weighted by molar-refractivity contribution is 7.90. The molecule has 0 fully saturated rings. The molecule has 148 valence electrons. The van der Waals surface area contributed by atoms with Gasteiger partial charge in [-0.1, -0.05) is 11.6 Å². The first kappa shape index (κ1) is 21.0. The molecule has 10 heteroatoms. The maximum atomic E-state index is 11.2. The third-order valence-electron chi connectivity index (χ3n) is 3.59. The third-order valence-corrected chi connectivity index (χ3v) is 4.81.